The zero-order chi connectivity index (χ0) is 29.4. The molecule has 11 atom stereocenters. The van der Waals surface area contributed by atoms with Crippen molar-refractivity contribution in [3.8, 4) is 0 Å². The van der Waals surface area contributed by atoms with E-state index < -0.39 is 0 Å². The molecule has 5 rings (SSSR count). The topological polar surface area (TPSA) is 67.0 Å². The molecule has 0 spiro atoms. The number of nitrogens with zero attached hydrogens (tertiary/aromatic N) is 1. The number of H-pyrrole nitrogens is 1. The third kappa shape index (κ3) is 6.18. The first-order chi connectivity index (χ1) is 19.6. The monoisotopic (exact) mass is 567 g/mol. The number of hydrogen-bond donors (Lipinski definition) is 2. The molecule has 0 amide bonds. The molecular formula is C36H61N3O2. The molecule has 1 aromatic rings. The molecule has 5 heteroatoms. The summed E-state index contributed by atoms with van der Waals surface area (Å²) in [5.74, 6) is 6.36. The first kappa shape index (κ1) is 31.1. The largest absolute Gasteiger partial charge is 0.463 e. The summed E-state index contributed by atoms with van der Waals surface area (Å²) in [6, 6.07) is 0.498. The smallest absolute Gasteiger partial charge is 0.302 e. The van der Waals surface area contributed by atoms with E-state index in [9.17, 15) is 4.79 Å². The van der Waals surface area contributed by atoms with Crippen molar-refractivity contribution in [2.75, 3.05) is 6.54 Å². The summed E-state index contributed by atoms with van der Waals surface area (Å²) in [6.45, 7) is 17.7. The van der Waals surface area contributed by atoms with Crippen LogP contribution in [0.2, 0.25) is 0 Å². The zero-order valence-electron chi connectivity index (χ0n) is 27.4. The highest BCUT2D eigenvalue weighted by molar-refractivity contribution is 5.66. The average molecular weight is 568 g/mol. The lowest BCUT2D eigenvalue weighted by Gasteiger charge is -2.63. The van der Waals surface area contributed by atoms with Crippen LogP contribution in [0.3, 0.4) is 0 Å². The number of carbonyl (C=O) groups excluding carboxylic acids is 1. The summed E-state index contributed by atoms with van der Waals surface area (Å²) >= 11 is 0. The van der Waals surface area contributed by atoms with Crippen LogP contribution in [-0.2, 0) is 16.0 Å². The Bertz CT molecular complexity index is 993. The molecular weight excluding hydrogens is 506 g/mol. The van der Waals surface area contributed by atoms with E-state index in [0.717, 1.165) is 67.2 Å². The Hall–Kier alpha value is -1.36. The van der Waals surface area contributed by atoms with E-state index in [2.05, 4.69) is 56.8 Å². The maximum atomic E-state index is 11.9. The Kier molecular flexibility index (Phi) is 9.63. The minimum Gasteiger partial charge on any atom is -0.463 e. The Morgan fingerprint density at radius 3 is 2.49 bits per heavy atom. The summed E-state index contributed by atoms with van der Waals surface area (Å²) in [4.78, 5) is 19.4. The Balaban J connectivity index is 1.33. The number of aromatic nitrogens is 2. The van der Waals surface area contributed by atoms with E-state index in [1.54, 1.807) is 13.3 Å². The summed E-state index contributed by atoms with van der Waals surface area (Å²) in [6.07, 6.45) is 19.2. The van der Waals surface area contributed by atoms with Gasteiger partial charge in [0.25, 0.3) is 0 Å². The van der Waals surface area contributed by atoms with Gasteiger partial charge in [-0.2, -0.15) is 0 Å². The van der Waals surface area contributed by atoms with Gasteiger partial charge in [0.05, 0.1) is 6.33 Å². The molecule has 0 aliphatic heterocycles. The van der Waals surface area contributed by atoms with Gasteiger partial charge in [0.1, 0.15) is 6.10 Å². The van der Waals surface area contributed by atoms with Crippen LogP contribution in [0.4, 0.5) is 0 Å². The van der Waals surface area contributed by atoms with E-state index in [-0.39, 0.29) is 12.1 Å². The Labute approximate surface area is 251 Å². The molecule has 0 aromatic carbocycles. The van der Waals surface area contributed by atoms with Gasteiger partial charge in [0, 0.05) is 37.8 Å². The summed E-state index contributed by atoms with van der Waals surface area (Å²) < 4.78 is 5.84. The van der Waals surface area contributed by atoms with Crippen LogP contribution >= 0.6 is 0 Å². The molecule has 0 bridgehead atoms. The van der Waals surface area contributed by atoms with Gasteiger partial charge in [0.2, 0.25) is 0 Å². The van der Waals surface area contributed by atoms with Crippen molar-refractivity contribution in [3.05, 3.63) is 18.2 Å². The predicted octanol–water partition coefficient (Wildman–Crippen LogP) is 8.21. The molecule has 4 saturated carbocycles. The van der Waals surface area contributed by atoms with E-state index in [1.165, 1.54) is 63.5 Å². The van der Waals surface area contributed by atoms with Crippen molar-refractivity contribution in [3.63, 3.8) is 0 Å². The minimum atomic E-state index is -0.116. The van der Waals surface area contributed by atoms with Crippen molar-refractivity contribution in [1.82, 2.24) is 15.3 Å². The number of carbonyl (C=O) groups is 1. The van der Waals surface area contributed by atoms with Crippen LogP contribution in [0.5, 0.6) is 0 Å². The SMILES string of the molecule is CCC(CC[C@@H](C)[C@H]1CC[C@H]2[C@@H]3C[C@@H](NCCc4cnc[nH]4)[C@H]4C[C@@H](OC(C)=O)CC[C@]4(C)[C@H]3CC[C@]12C)C(C)C. The highest BCUT2D eigenvalue weighted by Gasteiger charge is 2.62. The molecule has 5 nitrogen and oxygen atoms in total. The lowest BCUT2D eigenvalue weighted by atomic mass is 9.43. The van der Waals surface area contributed by atoms with Crippen molar-refractivity contribution in [2.24, 2.45) is 58.2 Å². The number of fused-ring (bicyclic) bond motifs is 5. The minimum absolute atomic E-state index is 0.0855. The number of nitrogens with one attached hydrogen (secondary N) is 2. The van der Waals surface area contributed by atoms with Gasteiger partial charge >= 0.3 is 5.97 Å². The van der Waals surface area contributed by atoms with E-state index in [4.69, 9.17) is 4.74 Å². The molecule has 4 aliphatic carbocycles. The summed E-state index contributed by atoms with van der Waals surface area (Å²) in [5.41, 5.74) is 2.04. The second-order valence-corrected chi connectivity index (χ2v) is 15.8. The molecule has 4 aliphatic rings. The number of rotatable bonds is 11. The van der Waals surface area contributed by atoms with Crippen LogP contribution in [0.1, 0.15) is 125 Å². The van der Waals surface area contributed by atoms with Gasteiger partial charge in [0.15, 0.2) is 0 Å². The molecule has 1 aromatic heterocycles. The van der Waals surface area contributed by atoms with Crippen molar-refractivity contribution >= 4 is 5.97 Å². The molecule has 1 heterocycles. The highest BCUT2D eigenvalue weighted by Crippen LogP contribution is 2.68. The van der Waals surface area contributed by atoms with Gasteiger partial charge in [-0.05, 0) is 116 Å². The lowest BCUT2D eigenvalue weighted by Crippen LogP contribution is -2.61. The first-order valence-electron chi connectivity index (χ1n) is 17.4. The van der Waals surface area contributed by atoms with Crippen LogP contribution in [0, 0.1) is 58.2 Å². The van der Waals surface area contributed by atoms with Crippen molar-refractivity contribution in [2.45, 2.75) is 138 Å². The number of esters is 1. The molecule has 2 N–H and O–H groups in total. The first-order valence-corrected chi connectivity index (χ1v) is 17.4. The fraction of sp³-hybridized carbons (Fsp3) is 0.889. The van der Waals surface area contributed by atoms with Crippen LogP contribution in [-0.4, -0.2) is 34.6 Å². The molecule has 232 valence electrons. The average Bonchev–Trinajstić information content (AvgIpc) is 3.56. The molecule has 41 heavy (non-hydrogen) atoms. The summed E-state index contributed by atoms with van der Waals surface area (Å²) in [7, 11) is 0. The zero-order valence-corrected chi connectivity index (χ0v) is 27.4. The fourth-order valence-corrected chi connectivity index (χ4v) is 11.3. The molecule has 1 unspecified atom stereocenters. The molecule has 0 radical (unpaired) electrons. The van der Waals surface area contributed by atoms with Gasteiger partial charge in [-0.1, -0.05) is 54.4 Å². The predicted molar refractivity (Wildman–Crippen MR) is 167 cm³/mol. The Morgan fingerprint density at radius 1 is 1.05 bits per heavy atom. The summed E-state index contributed by atoms with van der Waals surface area (Å²) in [5, 5.41) is 4.08. The third-order valence-electron chi connectivity index (χ3n) is 13.6. The van der Waals surface area contributed by atoms with Crippen molar-refractivity contribution < 1.29 is 9.53 Å². The van der Waals surface area contributed by atoms with Gasteiger partial charge in [-0.15, -0.1) is 0 Å². The van der Waals surface area contributed by atoms with Gasteiger partial charge in [-0.25, -0.2) is 4.98 Å². The van der Waals surface area contributed by atoms with E-state index >= 15 is 0 Å². The number of aromatic amines is 1. The van der Waals surface area contributed by atoms with Crippen molar-refractivity contribution in [1.29, 1.82) is 0 Å². The maximum absolute atomic E-state index is 11.9. The number of hydrogen-bond acceptors (Lipinski definition) is 4. The lowest BCUT2D eigenvalue weighted by molar-refractivity contribution is -0.164. The normalized spacial score (nSPS) is 40.0. The van der Waals surface area contributed by atoms with Gasteiger partial charge < -0.3 is 15.0 Å². The Morgan fingerprint density at radius 2 is 1.80 bits per heavy atom. The quantitative estimate of drug-likeness (QED) is 0.264. The van der Waals surface area contributed by atoms with Crippen LogP contribution in [0.25, 0.3) is 0 Å². The van der Waals surface area contributed by atoms with Crippen LogP contribution < -0.4 is 5.32 Å². The highest BCUT2D eigenvalue weighted by atomic mass is 16.5. The standard InChI is InChI=1S/C36H61N3O2/c1-8-26(23(2)3)10-9-24(4)30-11-12-31-29-20-34(38-18-15-27-21-37-22-39-27)33-19-28(41-25(5)40)13-16-36(33,7)32(29)14-17-35(30,31)6/h21-24,26,28-34,38H,8-20H2,1-7H3,(H,37,39)/t24-,26?,28+,29+,30-,31+,32+,33-,34-,35-,36-/m1/s1. The number of imidazole rings is 1. The second kappa shape index (κ2) is 12.7. The van der Waals surface area contributed by atoms with E-state index in [0.29, 0.717) is 22.8 Å². The van der Waals surface area contributed by atoms with Crippen LogP contribution in [0.15, 0.2) is 12.5 Å². The van der Waals surface area contributed by atoms with E-state index in [1.807, 2.05) is 6.20 Å². The molecule has 0 saturated heterocycles. The third-order valence-corrected chi connectivity index (χ3v) is 13.6. The number of ether oxygens (including phenoxy) is 1. The fourth-order valence-electron chi connectivity index (χ4n) is 11.3. The molecule has 4 fully saturated rings. The second-order valence-electron chi connectivity index (χ2n) is 15.8. The van der Waals surface area contributed by atoms with Gasteiger partial charge in [-0.3, -0.25) is 4.79 Å². The maximum Gasteiger partial charge on any atom is 0.302 e.